The summed E-state index contributed by atoms with van der Waals surface area (Å²) < 4.78 is 0. The second-order valence-electron chi connectivity index (χ2n) is 4.15. The van der Waals surface area contributed by atoms with Gasteiger partial charge in [0.25, 0.3) is 0 Å². The number of nitrogens with two attached hydrogens (primary N) is 1. The van der Waals surface area contributed by atoms with Crippen molar-refractivity contribution in [3.8, 4) is 11.1 Å². The fourth-order valence-corrected chi connectivity index (χ4v) is 2.14. The maximum absolute atomic E-state index is 5.72. The zero-order chi connectivity index (χ0) is 11.7. The third kappa shape index (κ3) is 2.18. The van der Waals surface area contributed by atoms with Crippen molar-refractivity contribution in [2.24, 2.45) is 0 Å². The first-order valence-corrected chi connectivity index (χ1v) is 5.68. The minimum absolute atomic E-state index is 0. The third-order valence-corrected chi connectivity index (χ3v) is 3.01. The Morgan fingerprint density at radius 3 is 2.11 bits per heavy atom. The Morgan fingerprint density at radius 1 is 0.667 bits per heavy atom. The maximum atomic E-state index is 5.72. The molecule has 0 heterocycles. The lowest BCUT2D eigenvalue weighted by Crippen LogP contribution is -1.85. The molecule has 0 radical (unpaired) electrons. The average molecular weight is 256 g/mol. The molecule has 18 heavy (non-hydrogen) atoms. The van der Waals surface area contributed by atoms with Crippen molar-refractivity contribution < 1.29 is 0 Å². The van der Waals surface area contributed by atoms with Crippen LogP contribution in [0.5, 0.6) is 0 Å². The SMILES string of the molecule is Cl.Nc1ccc(-c2cccc3ccccc23)cc1. The van der Waals surface area contributed by atoms with Crippen LogP contribution in [0.25, 0.3) is 21.9 Å². The minimum Gasteiger partial charge on any atom is -0.399 e. The van der Waals surface area contributed by atoms with E-state index in [2.05, 4.69) is 54.6 Å². The van der Waals surface area contributed by atoms with Crippen molar-refractivity contribution in [1.29, 1.82) is 0 Å². The molecule has 3 aromatic carbocycles. The number of benzene rings is 3. The van der Waals surface area contributed by atoms with Gasteiger partial charge in [0.1, 0.15) is 0 Å². The van der Waals surface area contributed by atoms with E-state index in [0.717, 1.165) is 5.69 Å². The molecule has 3 rings (SSSR count). The summed E-state index contributed by atoms with van der Waals surface area (Å²) in [5, 5.41) is 2.54. The van der Waals surface area contributed by atoms with E-state index in [1.807, 2.05) is 12.1 Å². The van der Waals surface area contributed by atoms with Gasteiger partial charge in [0.2, 0.25) is 0 Å². The maximum Gasteiger partial charge on any atom is 0.0314 e. The summed E-state index contributed by atoms with van der Waals surface area (Å²) in [5.74, 6) is 0. The zero-order valence-electron chi connectivity index (χ0n) is 9.84. The molecule has 0 aromatic heterocycles. The van der Waals surface area contributed by atoms with Crippen LogP contribution in [0.4, 0.5) is 5.69 Å². The molecular formula is C16H14ClN. The summed E-state index contributed by atoms with van der Waals surface area (Å²) in [7, 11) is 0. The topological polar surface area (TPSA) is 26.0 Å². The van der Waals surface area contributed by atoms with E-state index in [9.17, 15) is 0 Å². The quantitative estimate of drug-likeness (QED) is 0.636. The van der Waals surface area contributed by atoms with Crippen LogP contribution in [0, 0.1) is 0 Å². The van der Waals surface area contributed by atoms with Crippen LogP contribution in [0.1, 0.15) is 0 Å². The summed E-state index contributed by atoms with van der Waals surface area (Å²) in [5.41, 5.74) is 8.97. The number of fused-ring (bicyclic) bond motifs is 1. The highest BCUT2D eigenvalue weighted by Gasteiger charge is 2.02. The highest BCUT2D eigenvalue weighted by molar-refractivity contribution is 5.96. The number of hydrogen-bond acceptors (Lipinski definition) is 1. The van der Waals surface area contributed by atoms with Crippen molar-refractivity contribution in [2.45, 2.75) is 0 Å². The second kappa shape index (κ2) is 5.11. The van der Waals surface area contributed by atoms with Gasteiger partial charge >= 0.3 is 0 Å². The van der Waals surface area contributed by atoms with Crippen LogP contribution < -0.4 is 5.73 Å². The lowest BCUT2D eigenvalue weighted by molar-refractivity contribution is 1.64. The van der Waals surface area contributed by atoms with E-state index in [4.69, 9.17) is 5.73 Å². The molecule has 0 bridgehead atoms. The molecule has 2 heteroatoms. The molecule has 0 fully saturated rings. The summed E-state index contributed by atoms with van der Waals surface area (Å²) in [4.78, 5) is 0. The molecule has 0 saturated carbocycles. The van der Waals surface area contributed by atoms with E-state index in [1.54, 1.807) is 0 Å². The summed E-state index contributed by atoms with van der Waals surface area (Å²) >= 11 is 0. The van der Waals surface area contributed by atoms with Crippen molar-refractivity contribution in [1.82, 2.24) is 0 Å². The Morgan fingerprint density at radius 2 is 1.33 bits per heavy atom. The molecule has 0 unspecified atom stereocenters. The highest BCUT2D eigenvalue weighted by atomic mass is 35.5. The second-order valence-corrected chi connectivity index (χ2v) is 4.15. The van der Waals surface area contributed by atoms with Crippen LogP contribution in [-0.2, 0) is 0 Å². The molecule has 1 nitrogen and oxygen atoms in total. The van der Waals surface area contributed by atoms with E-state index >= 15 is 0 Å². The van der Waals surface area contributed by atoms with Crippen LogP contribution >= 0.6 is 12.4 Å². The van der Waals surface area contributed by atoms with E-state index in [-0.39, 0.29) is 12.4 Å². The molecule has 0 spiro atoms. The third-order valence-electron chi connectivity index (χ3n) is 3.01. The minimum atomic E-state index is 0. The van der Waals surface area contributed by atoms with Gasteiger partial charge in [-0.1, -0.05) is 54.6 Å². The van der Waals surface area contributed by atoms with Gasteiger partial charge in [0.15, 0.2) is 0 Å². The fourth-order valence-electron chi connectivity index (χ4n) is 2.14. The van der Waals surface area contributed by atoms with Gasteiger partial charge in [-0.15, -0.1) is 12.4 Å². The van der Waals surface area contributed by atoms with Gasteiger partial charge in [-0.05, 0) is 34.0 Å². The molecule has 0 saturated heterocycles. The van der Waals surface area contributed by atoms with E-state index in [0.29, 0.717) is 0 Å². The van der Waals surface area contributed by atoms with Crippen molar-refractivity contribution >= 4 is 28.9 Å². The zero-order valence-corrected chi connectivity index (χ0v) is 10.7. The highest BCUT2D eigenvalue weighted by Crippen LogP contribution is 2.28. The Labute approximate surface area is 113 Å². The first kappa shape index (κ1) is 12.5. The first-order chi connectivity index (χ1) is 8.34. The number of rotatable bonds is 1. The van der Waals surface area contributed by atoms with Crippen LogP contribution in [-0.4, -0.2) is 0 Å². The molecule has 0 atom stereocenters. The molecule has 0 aliphatic rings. The summed E-state index contributed by atoms with van der Waals surface area (Å²) in [6, 6.07) is 22.8. The number of halogens is 1. The average Bonchev–Trinajstić information content (AvgIpc) is 2.39. The van der Waals surface area contributed by atoms with Crippen molar-refractivity contribution in [2.75, 3.05) is 5.73 Å². The predicted molar refractivity (Wildman–Crippen MR) is 81.0 cm³/mol. The summed E-state index contributed by atoms with van der Waals surface area (Å²) in [6.45, 7) is 0. The normalized spacial score (nSPS) is 10.0. The number of nitrogen functional groups attached to an aromatic ring is 1. The molecule has 3 aromatic rings. The Kier molecular flexibility index (Phi) is 3.54. The predicted octanol–water partition coefficient (Wildman–Crippen LogP) is 4.51. The van der Waals surface area contributed by atoms with Gasteiger partial charge in [0.05, 0.1) is 0 Å². The molecular weight excluding hydrogens is 242 g/mol. The Bertz CT molecular complexity index is 654. The van der Waals surface area contributed by atoms with Crippen LogP contribution in [0.3, 0.4) is 0 Å². The van der Waals surface area contributed by atoms with Crippen LogP contribution in [0.2, 0.25) is 0 Å². The molecule has 0 aliphatic carbocycles. The molecule has 2 N–H and O–H groups in total. The number of anilines is 1. The van der Waals surface area contributed by atoms with Gasteiger partial charge < -0.3 is 5.73 Å². The van der Waals surface area contributed by atoms with E-state index in [1.165, 1.54) is 21.9 Å². The Hall–Kier alpha value is -1.99. The standard InChI is InChI=1S/C16H13N.ClH/c17-14-10-8-13(9-11-14)16-7-3-5-12-4-1-2-6-15(12)16;/h1-11H,17H2;1H. The lowest BCUT2D eigenvalue weighted by Gasteiger charge is -2.06. The van der Waals surface area contributed by atoms with Crippen molar-refractivity contribution in [3.05, 3.63) is 66.7 Å². The van der Waals surface area contributed by atoms with Crippen molar-refractivity contribution in [3.63, 3.8) is 0 Å². The summed E-state index contributed by atoms with van der Waals surface area (Å²) in [6.07, 6.45) is 0. The molecule has 0 aliphatic heterocycles. The molecule has 0 amide bonds. The first-order valence-electron chi connectivity index (χ1n) is 5.68. The smallest absolute Gasteiger partial charge is 0.0314 e. The van der Waals surface area contributed by atoms with Gasteiger partial charge in [0, 0.05) is 5.69 Å². The Balaban J connectivity index is 0.00000120. The largest absolute Gasteiger partial charge is 0.399 e. The fraction of sp³-hybridized carbons (Fsp3) is 0. The van der Waals surface area contributed by atoms with Gasteiger partial charge in [-0.25, -0.2) is 0 Å². The number of hydrogen-bond donors (Lipinski definition) is 1. The van der Waals surface area contributed by atoms with Gasteiger partial charge in [-0.2, -0.15) is 0 Å². The molecule has 90 valence electrons. The monoisotopic (exact) mass is 255 g/mol. The lowest BCUT2D eigenvalue weighted by atomic mass is 9.98. The van der Waals surface area contributed by atoms with Gasteiger partial charge in [-0.3, -0.25) is 0 Å². The van der Waals surface area contributed by atoms with Crippen LogP contribution in [0.15, 0.2) is 66.7 Å². The van der Waals surface area contributed by atoms with E-state index < -0.39 is 0 Å².